The Hall–Kier alpha value is -0.980. The average Bonchev–Trinajstić information content (AvgIpc) is 2.50. The van der Waals surface area contributed by atoms with Crippen LogP contribution in [0.2, 0.25) is 0 Å². The molecule has 5 heteroatoms. The van der Waals surface area contributed by atoms with Crippen LogP contribution in [0.4, 0.5) is 0 Å². The molecule has 1 rings (SSSR count). The molecule has 0 bridgehead atoms. The summed E-state index contributed by atoms with van der Waals surface area (Å²) in [5.41, 5.74) is 7.26. The lowest BCUT2D eigenvalue weighted by Gasteiger charge is -2.27. The van der Waals surface area contributed by atoms with E-state index >= 15 is 0 Å². The number of ether oxygens (including phenoxy) is 2. The lowest BCUT2D eigenvalue weighted by atomic mass is 10.0. The van der Waals surface area contributed by atoms with Crippen molar-refractivity contribution in [3.63, 3.8) is 0 Å². The van der Waals surface area contributed by atoms with Crippen molar-refractivity contribution in [1.29, 1.82) is 0 Å². The summed E-state index contributed by atoms with van der Waals surface area (Å²) in [6.07, 6.45) is 0.101. The van der Waals surface area contributed by atoms with Gasteiger partial charge in [0.15, 0.2) is 0 Å². The van der Waals surface area contributed by atoms with Crippen LogP contribution in [0.25, 0.3) is 0 Å². The van der Waals surface area contributed by atoms with Crippen molar-refractivity contribution in [3.05, 3.63) is 35.9 Å². The van der Waals surface area contributed by atoms with Gasteiger partial charge in [0.2, 0.25) is 0 Å². The summed E-state index contributed by atoms with van der Waals surface area (Å²) in [4.78, 5) is 2.11. The van der Waals surface area contributed by atoms with Crippen molar-refractivity contribution in [2.24, 2.45) is 5.73 Å². The fourth-order valence-corrected chi connectivity index (χ4v) is 2.16. The monoisotopic (exact) mass is 296 g/mol. The van der Waals surface area contributed by atoms with E-state index in [4.69, 9.17) is 15.2 Å². The van der Waals surface area contributed by atoms with E-state index in [9.17, 15) is 5.11 Å². The molecule has 0 spiro atoms. The summed E-state index contributed by atoms with van der Waals surface area (Å²) in [5, 5.41) is 10.3. The van der Waals surface area contributed by atoms with Gasteiger partial charge in [-0.3, -0.25) is 4.90 Å². The fraction of sp³-hybridized carbons (Fsp3) is 0.625. The normalized spacial score (nSPS) is 14.3. The molecule has 5 nitrogen and oxygen atoms in total. The van der Waals surface area contributed by atoms with Crippen LogP contribution >= 0.6 is 0 Å². The number of aliphatic hydroxyl groups is 1. The van der Waals surface area contributed by atoms with Crippen LogP contribution in [-0.2, 0) is 15.9 Å². The van der Waals surface area contributed by atoms with Crippen molar-refractivity contribution in [2.45, 2.75) is 18.6 Å². The van der Waals surface area contributed by atoms with E-state index < -0.39 is 6.10 Å². The van der Waals surface area contributed by atoms with E-state index in [0.29, 0.717) is 26.2 Å². The van der Waals surface area contributed by atoms with Crippen LogP contribution in [0.15, 0.2) is 30.3 Å². The maximum atomic E-state index is 10.3. The highest BCUT2D eigenvalue weighted by Crippen LogP contribution is 2.06. The van der Waals surface area contributed by atoms with Gasteiger partial charge in [-0.15, -0.1) is 0 Å². The zero-order valence-electron chi connectivity index (χ0n) is 13.1. The highest BCUT2D eigenvalue weighted by atomic mass is 16.5. The predicted octanol–water partition coefficient (Wildman–Crippen LogP) is 0.512. The van der Waals surface area contributed by atoms with Gasteiger partial charge in [0.1, 0.15) is 0 Å². The first-order valence-corrected chi connectivity index (χ1v) is 7.35. The van der Waals surface area contributed by atoms with Crippen molar-refractivity contribution in [2.75, 3.05) is 47.1 Å². The lowest BCUT2D eigenvalue weighted by molar-refractivity contribution is 0.0586. The van der Waals surface area contributed by atoms with E-state index in [2.05, 4.69) is 4.90 Å². The molecule has 0 radical (unpaired) electrons. The molecular weight excluding hydrogens is 268 g/mol. The number of nitrogens with zero attached hydrogens (tertiary/aromatic N) is 1. The molecule has 0 saturated carbocycles. The number of aliphatic hydroxyl groups excluding tert-OH is 1. The van der Waals surface area contributed by atoms with Crippen molar-refractivity contribution in [3.8, 4) is 0 Å². The van der Waals surface area contributed by atoms with Crippen molar-refractivity contribution < 1.29 is 14.6 Å². The van der Waals surface area contributed by atoms with Gasteiger partial charge in [-0.1, -0.05) is 30.3 Å². The maximum absolute atomic E-state index is 10.3. The summed E-state index contributed by atoms with van der Waals surface area (Å²) < 4.78 is 10.2. The minimum Gasteiger partial charge on any atom is -0.390 e. The van der Waals surface area contributed by atoms with Gasteiger partial charge in [-0.05, 0) is 12.0 Å². The largest absolute Gasteiger partial charge is 0.390 e. The second-order valence-electron chi connectivity index (χ2n) is 5.21. The molecule has 0 saturated heterocycles. The van der Waals surface area contributed by atoms with E-state index in [1.807, 2.05) is 30.3 Å². The first kappa shape index (κ1) is 18.1. The SMILES string of the molecule is COCCN(CCOC)CC(O)C(N)Cc1ccccc1. The van der Waals surface area contributed by atoms with E-state index in [1.165, 1.54) is 0 Å². The Morgan fingerprint density at radius 3 is 2.19 bits per heavy atom. The van der Waals surface area contributed by atoms with Crippen LogP contribution in [0.1, 0.15) is 5.56 Å². The fourth-order valence-electron chi connectivity index (χ4n) is 2.16. The maximum Gasteiger partial charge on any atom is 0.0820 e. The molecule has 0 amide bonds. The van der Waals surface area contributed by atoms with Gasteiger partial charge in [-0.25, -0.2) is 0 Å². The minimum atomic E-state index is -0.570. The molecule has 0 heterocycles. The molecule has 2 atom stereocenters. The predicted molar refractivity (Wildman–Crippen MR) is 84.3 cm³/mol. The van der Waals surface area contributed by atoms with Crippen LogP contribution < -0.4 is 5.73 Å². The molecule has 0 aliphatic heterocycles. The lowest BCUT2D eigenvalue weighted by Crippen LogP contribution is -2.46. The molecule has 0 aliphatic carbocycles. The number of hydrogen-bond donors (Lipinski definition) is 2. The third-order valence-corrected chi connectivity index (χ3v) is 3.48. The van der Waals surface area contributed by atoms with Gasteiger partial charge in [-0.2, -0.15) is 0 Å². The van der Waals surface area contributed by atoms with Crippen LogP contribution in [0.3, 0.4) is 0 Å². The van der Waals surface area contributed by atoms with Gasteiger partial charge < -0.3 is 20.3 Å². The highest BCUT2D eigenvalue weighted by molar-refractivity contribution is 5.16. The number of benzene rings is 1. The summed E-state index contributed by atoms with van der Waals surface area (Å²) >= 11 is 0. The summed E-state index contributed by atoms with van der Waals surface area (Å²) in [6, 6.07) is 9.72. The molecule has 1 aromatic rings. The molecule has 0 fully saturated rings. The van der Waals surface area contributed by atoms with Crippen LogP contribution in [-0.4, -0.2) is 69.2 Å². The van der Waals surface area contributed by atoms with Crippen LogP contribution in [0, 0.1) is 0 Å². The summed E-state index contributed by atoms with van der Waals surface area (Å²) in [5.74, 6) is 0. The smallest absolute Gasteiger partial charge is 0.0820 e. The first-order valence-electron chi connectivity index (χ1n) is 7.35. The quantitative estimate of drug-likeness (QED) is 0.623. The average molecular weight is 296 g/mol. The Morgan fingerprint density at radius 2 is 1.67 bits per heavy atom. The Bertz CT molecular complexity index is 354. The Labute approximate surface area is 127 Å². The molecule has 120 valence electrons. The molecule has 0 aromatic heterocycles. The second kappa shape index (κ2) is 10.7. The van der Waals surface area contributed by atoms with Gasteiger partial charge in [0.25, 0.3) is 0 Å². The standard InChI is InChI=1S/C16H28N2O3/c1-20-10-8-18(9-11-21-2)13-16(19)15(17)12-14-6-4-3-5-7-14/h3-7,15-16,19H,8-13,17H2,1-2H3. The molecule has 2 unspecified atom stereocenters. The summed E-state index contributed by atoms with van der Waals surface area (Å²) in [7, 11) is 3.35. The van der Waals surface area contributed by atoms with Crippen molar-refractivity contribution >= 4 is 0 Å². The molecule has 0 aliphatic rings. The zero-order chi connectivity index (χ0) is 15.5. The first-order chi connectivity index (χ1) is 10.2. The molecular formula is C16H28N2O3. The number of rotatable bonds is 11. The highest BCUT2D eigenvalue weighted by Gasteiger charge is 2.18. The van der Waals surface area contributed by atoms with E-state index in [1.54, 1.807) is 14.2 Å². The van der Waals surface area contributed by atoms with E-state index in [-0.39, 0.29) is 6.04 Å². The van der Waals surface area contributed by atoms with Gasteiger partial charge >= 0.3 is 0 Å². The molecule has 1 aromatic carbocycles. The number of methoxy groups -OCH3 is 2. The third kappa shape index (κ3) is 7.55. The second-order valence-corrected chi connectivity index (χ2v) is 5.21. The van der Waals surface area contributed by atoms with Crippen molar-refractivity contribution in [1.82, 2.24) is 4.90 Å². The Morgan fingerprint density at radius 1 is 1.10 bits per heavy atom. The Balaban J connectivity index is 2.44. The minimum absolute atomic E-state index is 0.278. The van der Waals surface area contributed by atoms with Crippen LogP contribution in [0.5, 0.6) is 0 Å². The van der Waals surface area contributed by atoms with Gasteiger partial charge in [0, 0.05) is 39.9 Å². The third-order valence-electron chi connectivity index (χ3n) is 3.48. The molecule has 21 heavy (non-hydrogen) atoms. The number of hydrogen-bond acceptors (Lipinski definition) is 5. The molecule has 3 N–H and O–H groups in total. The van der Waals surface area contributed by atoms with E-state index in [0.717, 1.165) is 18.7 Å². The topological polar surface area (TPSA) is 68.0 Å². The zero-order valence-corrected chi connectivity index (χ0v) is 13.1. The summed E-state index contributed by atoms with van der Waals surface area (Å²) in [6.45, 7) is 3.30. The Kier molecular flexibility index (Phi) is 9.21. The van der Waals surface area contributed by atoms with Gasteiger partial charge in [0.05, 0.1) is 19.3 Å². The number of nitrogens with two attached hydrogens (primary N) is 1.